The summed E-state index contributed by atoms with van der Waals surface area (Å²) in [5, 5.41) is 9.58. The molecule has 1 saturated heterocycles. The number of nitrogens with two attached hydrogens (primary N) is 1. The molecule has 0 spiro atoms. The molecule has 7 nitrogen and oxygen atoms in total. The molecule has 4 rings (SSSR count). The highest BCUT2D eigenvalue weighted by Crippen LogP contribution is 2.32. The van der Waals surface area contributed by atoms with E-state index in [2.05, 4.69) is 33.1 Å². The molecule has 3 aromatic rings. The average Bonchev–Trinajstić information content (AvgIpc) is 3.06. The number of aryl methyl sites for hydroxylation is 1. The first-order chi connectivity index (χ1) is 13.6. The van der Waals surface area contributed by atoms with Crippen molar-refractivity contribution in [1.29, 1.82) is 5.26 Å². The van der Waals surface area contributed by atoms with Gasteiger partial charge in [-0.1, -0.05) is 12.1 Å². The van der Waals surface area contributed by atoms with E-state index < -0.39 is 0 Å². The predicted molar refractivity (Wildman–Crippen MR) is 109 cm³/mol. The number of pyridine rings is 1. The largest absolute Gasteiger partial charge is 0.383 e. The van der Waals surface area contributed by atoms with E-state index in [1.807, 2.05) is 36.7 Å². The Balaban J connectivity index is 1.74. The molecule has 3 heterocycles. The maximum Gasteiger partial charge on any atom is 0.142 e. The molecule has 142 valence electrons. The fraction of sp³-hybridized carbons (Fsp3) is 0.286. The Bertz CT molecular complexity index is 1040. The molecule has 7 heteroatoms. The fourth-order valence-electron chi connectivity index (χ4n) is 3.45. The summed E-state index contributed by atoms with van der Waals surface area (Å²) in [6, 6.07) is 12.3. The molecule has 0 amide bonds. The van der Waals surface area contributed by atoms with Crippen LogP contribution in [-0.2, 0) is 11.8 Å². The second-order valence-electron chi connectivity index (χ2n) is 6.82. The van der Waals surface area contributed by atoms with Gasteiger partial charge in [0, 0.05) is 37.0 Å². The Morgan fingerprint density at radius 2 is 1.89 bits per heavy atom. The van der Waals surface area contributed by atoms with Gasteiger partial charge in [0.1, 0.15) is 23.3 Å². The third-order valence-corrected chi connectivity index (χ3v) is 5.19. The van der Waals surface area contributed by atoms with Gasteiger partial charge in [0.15, 0.2) is 0 Å². The highest BCUT2D eigenvalue weighted by atomic mass is 16.5. The van der Waals surface area contributed by atoms with E-state index in [1.54, 1.807) is 6.20 Å². The van der Waals surface area contributed by atoms with E-state index >= 15 is 0 Å². The van der Waals surface area contributed by atoms with Crippen LogP contribution in [0.1, 0.15) is 11.4 Å². The SMILES string of the molecule is Cc1ncc(-c2cc(-c3ccc(N4CCOCC4)cc3)nc(N)c2C#N)n1C. The highest BCUT2D eigenvalue weighted by Gasteiger charge is 2.17. The summed E-state index contributed by atoms with van der Waals surface area (Å²) in [5.74, 6) is 1.09. The average molecular weight is 374 g/mol. The van der Waals surface area contributed by atoms with Crippen molar-refractivity contribution in [3.63, 3.8) is 0 Å². The summed E-state index contributed by atoms with van der Waals surface area (Å²) in [6.07, 6.45) is 1.76. The molecule has 0 atom stereocenters. The first kappa shape index (κ1) is 18.0. The fourth-order valence-corrected chi connectivity index (χ4v) is 3.45. The number of rotatable bonds is 3. The molecule has 0 radical (unpaired) electrons. The molecular formula is C21H22N6O. The lowest BCUT2D eigenvalue weighted by molar-refractivity contribution is 0.122. The zero-order valence-corrected chi connectivity index (χ0v) is 16.0. The van der Waals surface area contributed by atoms with Gasteiger partial charge >= 0.3 is 0 Å². The maximum absolute atomic E-state index is 9.58. The second-order valence-corrected chi connectivity index (χ2v) is 6.82. The molecule has 2 aromatic heterocycles. The number of ether oxygens (including phenoxy) is 1. The maximum atomic E-state index is 9.58. The number of anilines is 2. The van der Waals surface area contributed by atoms with Gasteiger partial charge in [-0.05, 0) is 25.1 Å². The van der Waals surface area contributed by atoms with E-state index in [0.717, 1.165) is 60.3 Å². The minimum absolute atomic E-state index is 0.228. The predicted octanol–water partition coefficient (Wildman–Crippen LogP) is 2.75. The van der Waals surface area contributed by atoms with E-state index in [9.17, 15) is 5.26 Å². The zero-order chi connectivity index (χ0) is 19.7. The second kappa shape index (κ2) is 7.33. The summed E-state index contributed by atoms with van der Waals surface area (Å²) in [5.41, 5.74) is 10.9. The molecular weight excluding hydrogens is 352 g/mol. The number of benzene rings is 1. The highest BCUT2D eigenvalue weighted by molar-refractivity contribution is 5.79. The third kappa shape index (κ3) is 3.19. The number of imidazole rings is 1. The number of nitriles is 1. The number of hydrogen-bond acceptors (Lipinski definition) is 6. The number of aromatic nitrogens is 3. The van der Waals surface area contributed by atoms with Crippen molar-refractivity contribution in [3.8, 4) is 28.6 Å². The van der Waals surface area contributed by atoms with Crippen LogP contribution in [0.25, 0.3) is 22.5 Å². The van der Waals surface area contributed by atoms with E-state index in [1.165, 1.54) is 0 Å². The minimum Gasteiger partial charge on any atom is -0.383 e. The van der Waals surface area contributed by atoms with Crippen molar-refractivity contribution in [2.45, 2.75) is 6.92 Å². The van der Waals surface area contributed by atoms with Gasteiger partial charge in [-0.3, -0.25) is 0 Å². The third-order valence-electron chi connectivity index (χ3n) is 5.19. The smallest absolute Gasteiger partial charge is 0.142 e. The van der Waals surface area contributed by atoms with E-state index in [4.69, 9.17) is 10.5 Å². The summed E-state index contributed by atoms with van der Waals surface area (Å²) >= 11 is 0. The van der Waals surface area contributed by atoms with Gasteiger partial charge in [-0.25, -0.2) is 9.97 Å². The Hall–Kier alpha value is -3.37. The quantitative estimate of drug-likeness (QED) is 0.758. The number of hydrogen-bond donors (Lipinski definition) is 1. The first-order valence-corrected chi connectivity index (χ1v) is 9.21. The molecule has 0 bridgehead atoms. The topological polar surface area (TPSA) is 93.0 Å². The summed E-state index contributed by atoms with van der Waals surface area (Å²) in [4.78, 5) is 11.1. The van der Waals surface area contributed by atoms with Crippen LogP contribution in [0.15, 0.2) is 36.5 Å². The molecule has 1 fully saturated rings. The number of morpholine rings is 1. The van der Waals surface area contributed by atoms with Crippen LogP contribution < -0.4 is 10.6 Å². The Labute approximate surface area is 164 Å². The molecule has 1 aliphatic heterocycles. The molecule has 2 N–H and O–H groups in total. The molecule has 0 aliphatic carbocycles. The van der Waals surface area contributed by atoms with Crippen LogP contribution in [0.5, 0.6) is 0 Å². The lowest BCUT2D eigenvalue weighted by Crippen LogP contribution is -2.36. The van der Waals surface area contributed by atoms with Crippen LogP contribution in [0.2, 0.25) is 0 Å². The van der Waals surface area contributed by atoms with Crippen LogP contribution in [-0.4, -0.2) is 40.8 Å². The first-order valence-electron chi connectivity index (χ1n) is 9.21. The van der Waals surface area contributed by atoms with Crippen molar-refractivity contribution < 1.29 is 4.74 Å². The van der Waals surface area contributed by atoms with Gasteiger partial charge in [-0.2, -0.15) is 5.26 Å². The van der Waals surface area contributed by atoms with Crippen molar-refractivity contribution in [3.05, 3.63) is 47.9 Å². The van der Waals surface area contributed by atoms with Crippen molar-refractivity contribution in [2.24, 2.45) is 7.05 Å². The van der Waals surface area contributed by atoms with Gasteiger partial charge in [-0.15, -0.1) is 0 Å². The van der Waals surface area contributed by atoms with E-state index in [-0.39, 0.29) is 5.82 Å². The van der Waals surface area contributed by atoms with Crippen LogP contribution in [0.3, 0.4) is 0 Å². The van der Waals surface area contributed by atoms with Gasteiger partial charge < -0.3 is 19.9 Å². The zero-order valence-electron chi connectivity index (χ0n) is 16.0. The summed E-state index contributed by atoms with van der Waals surface area (Å²) in [7, 11) is 1.92. The molecule has 0 unspecified atom stereocenters. The Morgan fingerprint density at radius 3 is 2.50 bits per heavy atom. The summed E-state index contributed by atoms with van der Waals surface area (Å²) in [6.45, 7) is 5.22. The van der Waals surface area contributed by atoms with Crippen LogP contribution in [0.4, 0.5) is 11.5 Å². The lowest BCUT2D eigenvalue weighted by atomic mass is 10.0. The van der Waals surface area contributed by atoms with Gasteiger partial charge in [0.2, 0.25) is 0 Å². The Kier molecular flexibility index (Phi) is 4.72. The number of nitrogens with zero attached hydrogens (tertiary/aromatic N) is 5. The number of nitrogen functional groups attached to an aromatic ring is 1. The normalized spacial score (nSPS) is 14.1. The van der Waals surface area contributed by atoms with Gasteiger partial charge in [0.25, 0.3) is 0 Å². The van der Waals surface area contributed by atoms with Crippen LogP contribution >= 0.6 is 0 Å². The molecule has 0 saturated carbocycles. The molecule has 1 aromatic carbocycles. The molecule has 28 heavy (non-hydrogen) atoms. The Morgan fingerprint density at radius 1 is 1.18 bits per heavy atom. The van der Waals surface area contributed by atoms with Gasteiger partial charge in [0.05, 0.1) is 30.8 Å². The monoisotopic (exact) mass is 374 g/mol. The molecule has 1 aliphatic rings. The van der Waals surface area contributed by atoms with Crippen molar-refractivity contribution in [1.82, 2.24) is 14.5 Å². The van der Waals surface area contributed by atoms with E-state index in [0.29, 0.717) is 5.56 Å². The summed E-state index contributed by atoms with van der Waals surface area (Å²) < 4.78 is 7.36. The van der Waals surface area contributed by atoms with Crippen molar-refractivity contribution >= 4 is 11.5 Å². The standard InChI is InChI=1S/C21H22N6O/c1-14-24-13-20(26(14)2)17-11-19(25-21(23)18(17)12-22)15-3-5-16(6-4-15)27-7-9-28-10-8-27/h3-6,11,13H,7-10H2,1-2H3,(H2,23,25). The minimum atomic E-state index is 0.228. The lowest BCUT2D eigenvalue weighted by Gasteiger charge is -2.28. The van der Waals surface area contributed by atoms with Crippen LogP contribution in [0, 0.1) is 18.3 Å². The van der Waals surface area contributed by atoms with Crippen molar-refractivity contribution in [2.75, 3.05) is 36.9 Å².